The zero-order valence-electron chi connectivity index (χ0n) is 15.3. The van der Waals surface area contributed by atoms with E-state index in [4.69, 9.17) is 5.73 Å². The number of amides is 2. The standard InChI is InChI=1S/C20H29N3O2/c1-14-9-15(2)11-17(10-14)19(24)22-7-3-5-16(13-22)20(25)23-8-4-6-18(23)12-21/h9-11,16,18H,3-8,12-13,21H2,1-2H3. The molecule has 1 aromatic rings. The number of hydrogen-bond acceptors (Lipinski definition) is 3. The van der Waals surface area contributed by atoms with Gasteiger partial charge in [-0.25, -0.2) is 0 Å². The molecule has 2 aliphatic rings. The first-order valence-corrected chi connectivity index (χ1v) is 9.37. The van der Waals surface area contributed by atoms with Gasteiger partial charge >= 0.3 is 0 Å². The van der Waals surface area contributed by atoms with E-state index in [0.717, 1.165) is 55.5 Å². The number of rotatable bonds is 3. The first-order chi connectivity index (χ1) is 12.0. The normalized spacial score (nSPS) is 23.8. The summed E-state index contributed by atoms with van der Waals surface area (Å²) in [6, 6.07) is 6.12. The number of likely N-dealkylation sites (tertiary alicyclic amines) is 2. The summed E-state index contributed by atoms with van der Waals surface area (Å²) in [6.07, 6.45) is 3.78. The molecular formula is C20H29N3O2. The van der Waals surface area contributed by atoms with Crippen molar-refractivity contribution in [1.29, 1.82) is 0 Å². The van der Waals surface area contributed by atoms with Crippen LogP contribution in [0.1, 0.15) is 47.2 Å². The number of nitrogens with two attached hydrogens (primary N) is 1. The number of piperidine rings is 1. The summed E-state index contributed by atoms with van der Waals surface area (Å²) in [5.41, 5.74) is 8.73. The number of hydrogen-bond donors (Lipinski definition) is 1. The highest BCUT2D eigenvalue weighted by molar-refractivity contribution is 5.95. The molecule has 0 bridgehead atoms. The van der Waals surface area contributed by atoms with E-state index in [1.54, 1.807) is 0 Å². The first kappa shape index (κ1) is 17.9. The van der Waals surface area contributed by atoms with Crippen LogP contribution in [0.25, 0.3) is 0 Å². The summed E-state index contributed by atoms with van der Waals surface area (Å²) < 4.78 is 0. The maximum Gasteiger partial charge on any atom is 0.253 e. The third kappa shape index (κ3) is 3.87. The Balaban J connectivity index is 1.70. The lowest BCUT2D eigenvalue weighted by Gasteiger charge is -2.35. The molecule has 0 spiro atoms. The van der Waals surface area contributed by atoms with Gasteiger partial charge in [-0.15, -0.1) is 0 Å². The van der Waals surface area contributed by atoms with E-state index in [9.17, 15) is 9.59 Å². The summed E-state index contributed by atoms with van der Waals surface area (Å²) in [6.45, 7) is 6.61. The molecule has 0 radical (unpaired) electrons. The van der Waals surface area contributed by atoms with E-state index in [1.165, 1.54) is 0 Å². The minimum absolute atomic E-state index is 0.0427. The monoisotopic (exact) mass is 343 g/mol. The second kappa shape index (κ2) is 7.56. The van der Waals surface area contributed by atoms with Crippen molar-refractivity contribution in [1.82, 2.24) is 9.80 Å². The van der Waals surface area contributed by atoms with Crippen LogP contribution in [0.5, 0.6) is 0 Å². The van der Waals surface area contributed by atoms with Crippen molar-refractivity contribution in [2.75, 3.05) is 26.2 Å². The topological polar surface area (TPSA) is 66.6 Å². The third-order valence-electron chi connectivity index (χ3n) is 5.46. The van der Waals surface area contributed by atoms with E-state index in [-0.39, 0.29) is 23.8 Å². The van der Waals surface area contributed by atoms with Gasteiger partial charge in [0.1, 0.15) is 0 Å². The highest BCUT2D eigenvalue weighted by atomic mass is 16.2. The van der Waals surface area contributed by atoms with Gasteiger partial charge in [0.25, 0.3) is 5.91 Å². The summed E-state index contributed by atoms with van der Waals surface area (Å²) in [5.74, 6) is 0.141. The lowest BCUT2D eigenvalue weighted by atomic mass is 9.95. The van der Waals surface area contributed by atoms with Crippen LogP contribution in [0.4, 0.5) is 0 Å². The fraction of sp³-hybridized carbons (Fsp3) is 0.600. The number of aryl methyl sites for hydroxylation is 2. The van der Waals surface area contributed by atoms with Crippen LogP contribution in [0.15, 0.2) is 18.2 Å². The molecule has 25 heavy (non-hydrogen) atoms. The van der Waals surface area contributed by atoms with E-state index in [2.05, 4.69) is 6.07 Å². The third-order valence-corrected chi connectivity index (χ3v) is 5.46. The number of carbonyl (C=O) groups is 2. The van der Waals surface area contributed by atoms with Gasteiger partial charge in [0.05, 0.1) is 5.92 Å². The maximum absolute atomic E-state index is 12.9. The van der Waals surface area contributed by atoms with Crippen molar-refractivity contribution >= 4 is 11.8 Å². The number of nitrogens with zero attached hydrogens (tertiary/aromatic N) is 2. The van der Waals surface area contributed by atoms with Crippen LogP contribution in [0.3, 0.4) is 0 Å². The molecule has 2 N–H and O–H groups in total. The number of carbonyl (C=O) groups excluding carboxylic acids is 2. The smallest absolute Gasteiger partial charge is 0.253 e. The molecule has 2 heterocycles. The summed E-state index contributed by atoms with van der Waals surface area (Å²) >= 11 is 0. The van der Waals surface area contributed by atoms with Crippen molar-refractivity contribution in [3.8, 4) is 0 Å². The molecule has 2 amide bonds. The molecule has 1 aromatic carbocycles. The second-order valence-corrected chi connectivity index (χ2v) is 7.53. The lowest BCUT2D eigenvalue weighted by molar-refractivity contribution is -0.137. The Morgan fingerprint density at radius 2 is 1.76 bits per heavy atom. The Morgan fingerprint density at radius 3 is 2.44 bits per heavy atom. The molecule has 2 fully saturated rings. The molecule has 136 valence electrons. The maximum atomic E-state index is 12.9. The van der Waals surface area contributed by atoms with Gasteiger partial charge in [-0.2, -0.15) is 0 Å². The minimum atomic E-state index is -0.0873. The van der Waals surface area contributed by atoms with Crippen molar-refractivity contribution in [2.24, 2.45) is 11.7 Å². The molecule has 0 aromatic heterocycles. The highest BCUT2D eigenvalue weighted by Gasteiger charge is 2.35. The molecule has 2 aliphatic heterocycles. The molecule has 2 atom stereocenters. The zero-order valence-corrected chi connectivity index (χ0v) is 15.3. The Labute approximate surface area is 150 Å². The molecular weight excluding hydrogens is 314 g/mol. The van der Waals surface area contributed by atoms with Gasteiger partial charge < -0.3 is 15.5 Å². The molecule has 2 saturated heterocycles. The summed E-state index contributed by atoms with van der Waals surface area (Å²) in [7, 11) is 0. The Hall–Kier alpha value is -1.88. The van der Waals surface area contributed by atoms with Crippen LogP contribution >= 0.6 is 0 Å². The molecule has 3 rings (SSSR count). The highest BCUT2D eigenvalue weighted by Crippen LogP contribution is 2.25. The van der Waals surface area contributed by atoms with Crippen molar-refractivity contribution in [3.05, 3.63) is 34.9 Å². The van der Waals surface area contributed by atoms with Gasteiger partial charge in [-0.1, -0.05) is 17.2 Å². The van der Waals surface area contributed by atoms with Crippen LogP contribution in [-0.2, 0) is 4.79 Å². The van der Waals surface area contributed by atoms with Crippen LogP contribution < -0.4 is 5.73 Å². The molecule has 5 nitrogen and oxygen atoms in total. The van der Waals surface area contributed by atoms with E-state index in [0.29, 0.717) is 13.1 Å². The van der Waals surface area contributed by atoms with Crippen LogP contribution in [-0.4, -0.2) is 53.8 Å². The SMILES string of the molecule is Cc1cc(C)cc(C(=O)N2CCCC(C(=O)N3CCCC3CN)C2)c1. The van der Waals surface area contributed by atoms with Crippen LogP contribution in [0.2, 0.25) is 0 Å². The van der Waals surface area contributed by atoms with Crippen molar-refractivity contribution in [2.45, 2.75) is 45.6 Å². The fourth-order valence-corrected chi connectivity index (χ4v) is 4.25. The predicted octanol–water partition coefficient (Wildman–Crippen LogP) is 2.11. The van der Waals surface area contributed by atoms with Gasteiger partial charge in [-0.3, -0.25) is 9.59 Å². The quantitative estimate of drug-likeness (QED) is 0.914. The molecule has 5 heteroatoms. The minimum Gasteiger partial charge on any atom is -0.338 e. The van der Waals surface area contributed by atoms with E-state index in [1.807, 2.05) is 35.8 Å². The van der Waals surface area contributed by atoms with Gasteiger partial charge in [0.15, 0.2) is 0 Å². The molecule has 0 saturated carbocycles. The predicted molar refractivity (Wildman–Crippen MR) is 98.3 cm³/mol. The lowest BCUT2D eigenvalue weighted by Crippen LogP contribution is -2.49. The Bertz CT molecular complexity index is 638. The van der Waals surface area contributed by atoms with Crippen molar-refractivity contribution in [3.63, 3.8) is 0 Å². The van der Waals surface area contributed by atoms with Crippen LogP contribution in [0, 0.1) is 19.8 Å². The van der Waals surface area contributed by atoms with Gasteiger partial charge in [-0.05, 0) is 51.7 Å². The van der Waals surface area contributed by atoms with E-state index >= 15 is 0 Å². The second-order valence-electron chi connectivity index (χ2n) is 7.53. The summed E-state index contributed by atoms with van der Waals surface area (Å²) in [4.78, 5) is 29.6. The van der Waals surface area contributed by atoms with Gasteiger partial charge in [0.2, 0.25) is 5.91 Å². The molecule has 0 aliphatic carbocycles. The Morgan fingerprint density at radius 1 is 1.08 bits per heavy atom. The Kier molecular flexibility index (Phi) is 5.42. The van der Waals surface area contributed by atoms with E-state index < -0.39 is 0 Å². The molecule has 2 unspecified atom stereocenters. The van der Waals surface area contributed by atoms with Gasteiger partial charge in [0, 0.05) is 37.8 Å². The average Bonchev–Trinajstić information content (AvgIpc) is 3.08. The summed E-state index contributed by atoms with van der Waals surface area (Å²) in [5, 5.41) is 0. The number of benzene rings is 1. The van der Waals surface area contributed by atoms with Crippen molar-refractivity contribution < 1.29 is 9.59 Å². The first-order valence-electron chi connectivity index (χ1n) is 9.37. The zero-order chi connectivity index (χ0) is 18.0. The largest absolute Gasteiger partial charge is 0.338 e. The fourth-order valence-electron chi connectivity index (χ4n) is 4.25. The average molecular weight is 343 g/mol.